The molecule has 1 saturated heterocycles. The van der Waals surface area contributed by atoms with Crippen molar-refractivity contribution in [3.8, 4) is 0 Å². The molecule has 31 heavy (non-hydrogen) atoms. The molecule has 0 unspecified atom stereocenters. The van der Waals surface area contributed by atoms with Crippen LogP contribution in [0.25, 0.3) is 0 Å². The third-order valence-corrected chi connectivity index (χ3v) is 5.91. The van der Waals surface area contributed by atoms with Gasteiger partial charge in [0.2, 0.25) is 5.91 Å². The van der Waals surface area contributed by atoms with Crippen LogP contribution in [0.5, 0.6) is 0 Å². The fourth-order valence-electron chi connectivity index (χ4n) is 4.18. The number of carbonyl (C=O) groups is 1. The van der Waals surface area contributed by atoms with Crippen LogP contribution in [0.4, 0.5) is 13.2 Å². The molecule has 7 heteroatoms. The highest BCUT2D eigenvalue weighted by Crippen LogP contribution is 2.30. The molecule has 1 atom stereocenters. The van der Waals surface area contributed by atoms with Crippen LogP contribution in [-0.4, -0.2) is 53.4 Å². The molecule has 0 saturated carbocycles. The average molecular weight is 434 g/mol. The van der Waals surface area contributed by atoms with Gasteiger partial charge in [-0.1, -0.05) is 24.3 Å². The lowest BCUT2D eigenvalue weighted by atomic mass is 9.93. The summed E-state index contributed by atoms with van der Waals surface area (Å²) in [5.74, 6) is 0.427. The molecule has 1 aliphatic rings. The van der Waals surface area contributed by atoms with E-state index in [4.69, 9.17) is 0 Å². The van der Waals surface area contributed by atoms with Crippen molar-refractivity contribution in [1.29, 1.82) is 0 Å². The maximum absolute atomic E-state index is 12.9. The van der Waals surface area contributed by atoms with E-state index in [0.29, 0.717) is 18.5 Å². The number of rotatable bonds is 7. The summed E-state index contributed by atoms with van der Waals surface area (Å²) in [6.45, 7) is 7.58. The first kappa shape index (κ1) is 23.3. The van der Waals surface area contributed by atoms with Crippen LogP contribution in [0.2, 0.25) is 0 Å². The summed E-state index contributed by atoms with van der Waals surface area (Å²) in [7, 11) is 0. The molecular weight excluding hydrogens is 403 g/mol. The third kappa shape index (κ3) is 6.29. The highest BCUT2D eigenvalue weighted by Gasteiger charge is 2.30. The lowest BCUT2D eigenvalue weighted by Gasteiger charge is -2.33. The average Bonchev–Trinajstić information content (AvgIpc) is 2.75. The van der Waals surface area contributed by atoms with E-state index >= 15 is 0 Å². The van der Waals surface area contributed by atoms with Gasteiger partial charge in [0.25, 0.3) is 0 Å². The lowest BCUT2D eigenvalue weighted by Crippen LogP contribution is -2.43. The summed E-state index contributed by atoms with van der Waals surface area (Å²) in [6, 6.07) is 9.35. The van der Waals surface area contributed by atoms with Crippen LogP contribution >= 0.6 is 0 Å². The number of benzene rings is 1. The normalized spacial score (nSPS) is 17.5. The molecule has 168 valence electrons. The van der Waals surface area contributed by atoms with Gasteiger partial charge in [0.1, 0.15) is 0 Å². The molecular formula is C24H30F3N3O. The van der Waals surface area contributed by atoms with Crippen LogP contribution in [0.1, 0.15) is 55.0 Å². The Balaban J connectivity index is 1.61. The fraction of sp³-hybridized carbons (Fsp3) is 0.500. The Labute approximate surface area is 182 Å². The van der Waals surface area contributed by atoms with Crippen molar-refractivity contribution >= 4 is 5.91 Å². The van der Waals surface area contributed by atoms with Crippen LogP contribution in [-0.2, 0) is 17.4 Å². The van der Waals surface area contributed by atoms with Crippen LogP contribution < -0.4 is 0 Å². The SMILES string of the molecule is CCN(CC)C(=O)CN1CCC[C@H](c2ccc(Cc3cccc(C(F)(F)F)c3)cn2)C1. The monoisotopic (exact) mass is 433 g/mol. The first-order chi connectivity index (χ1) is 14.8. The molecule has 0 N–H and O–H groups in total. The molecule has 4 nitrogen and oxygen atoms in total. The summed E-state index contributed by atoms with van der Waals surface area (Å²) in [4.78, 5) is 21.1. The molecule has 3 rings (SSSR count). The minimum Gasteiger partial charge on any atom is -0.342 e. The minimum atomic E-state index is -4.34. The second kappa shape index (κ2) is 10.3. The van der Waals surface area contributed by atoms with E-state index in [9.17, 15) is 18.0 Å². The van der Waals surface area contributed by atoms with Gasteiger partial charge in [-0.25, -0.2) is 0 Å². The summed E-state index contributed by atoms with van der Waals surface area (Å²) in [5.41, 5.74) is 1.85. The molecule has 0 bridgehead atoms. The van der Waals surface area contributed by atoms with E-state index in [1.807, 2.05) is 30.9 Å². The van der Waals surface area contributed by atoms with E-state index in [-0.39, 0.29) is 11.8 Å². The summed E-state index contributed by atoms with van der Waals surface area (Å²) in [6.07, 6.45) is -0.126. The number of likely N-dealkylation sites (N-methyl/N-ethyl adjacent to an activating group) is 1. The largest absolute Gasteiger partial charge is 0.416 e. The first-order valence-electron chi connectivity index (χ1n) is 10.9. The van der Waals surface area contributed by atoms with Gasteiger partial charge in [0.05, 0.1) is 12.1 Å². The number of pyridine rings is 1. The zero-order chi connectivity index (χ0) is 22.4. The Morgan fingerprint density at radius 1 is 1.16 bits per heavy atom. The van der Waals surface area contributed by atoms with Crippen molar-refractivity contribution in [2.45, 2.75) is 45.2 Å². The second-order valence-electron chi connectivity index (χ2n) is 8.11. The van der Waals surface area contributed by atoms with Crippen molar-refractivity contribution in [3.63, 3.8) is 0 Å². The summed E-state index contributed by atoms with van der Waals surface area (Å²) in [5, 5.41) is 0. The van der Waals surface area contributed by atoms with Crippen molar-refractivity contribution in [3.05, 3.63) is 65.0 Å². The lowest BCUT2D eigenvalue weighted by molar-refractivity contribution is -0.137. The van der Waals surface area contributed by atoms with Gasteiger partial charge in [-0.3, -0.25) is 14.7 Å². The minimum absolute atomic E-state index is 0.162. The van der Waals surface area contributed by atoms with E-state index in [0.717, 1.165) is 56.3 Å². The Morgan fingerprint density at radius 3 is 2.58 bits per heavy atom. The molecule has 0 aliphatic carbocycles. The van der Waals surface area contributed by atoms with Crippen LogP contribution in [0.15, 0.2) is 42.6 Å². The number of nitrogens with zero attached hydrogens (tertiary/aromatic N) is 3. The number of amides is 1. The third-order valence-electron chi connectivity index (χ3n) is 5.91. The van der Waals surface area contributed by atoms with Gasteiger partial charge in [-0.15, -0.1) is 0 Å². The smallest absolute Gasteiger partial charge is 0.342 e. The predicted molar refractivity (Wildman–Crippen MR) is 115 cm³/mol. The van der Waals surface area contributed by atoms with Crippen LogP contribution in [0, 0.1) is 0 Å². The number of carbonyl (C=O) groups excluding carboxylic acids is 1. The highest BCUT2D eigenvalue weighted by atomic mass is 19.4. The topological polar surface area (TPSA) is 36.4 Å². The fourth-order valence-corrected chi connectivity index (χ4v) is 4.18. The Hall–Kier alpha value is -2.41. The van der Waals surface area contributed by atoms with Crippen molar-refractivity contribution < 1.29 is 18.0 Å². The van der Waals surface area contributed by atoms with Gasteiger partial charge in [-0.05, 0) is 62.9 Å². The van der Waals surface area contributed by atoms with Crippen molar-refractivity contribution in [1.82, 2.24) is 14.8 Å². The summed E-state index contributed by atoms with van der Waals surface area (Å²) >= 11 is 0. The van der Waals surface area contributed by atoms with Gasteiger partial charge in [-0.2, -0.15) is 13.2 Å². The Morgan fingerprint density at radius 2 is 1.94 bits per heavy atom. The molecule has 1 amide bonds. The Kier molecular flexibility index (Phi) is 7.70. The quantitative estimate of drug-likeness (QED) is 0.633. The molecule has 0 radical (unpaired) electrons. The van der Waals surface area contributed by atoms with Crippen molar-refractivity contribution in [2.24, 2.45) is 0 Å². The second-order valence-corrected chi connectivity index (χ2v) is 8.11. The van der Waals surface area contributed by atoms with Crippen LogP contribution in [0.3, 0.4) is 0 Å². The van der Waals surface area contributed by atoms with E-state index < -0.39 is 11.7 Å². The number of hydrogen-bond donors (Lipinski definition) is 0. The van der Waals surface area contributed by atoms with Gasteiger partial charge in [0.15, 0.2) is 0 Å². The molecule has 0 spiro atoms. The maximum atomic E-state index is 12.9. The molecule has 2 heterocycles. The highest BCUT2D eigenvalue weighted by molar-refractivity contribution is 5.78. The number of aromatic nitrogens is 1. The number of piperidine rings is 1. The molecule has 1 fully saturated rings. The predicted octanol–water partition coefficient (Wildman–Crippen LogP) is 4.74. The molecule has 1 aromatic carbocycles. The zero-order valence-corrected chi connectivity index (χ0v) is 18.2. The Bertz CT molecular complexity index is 863. The van der Waals surface area contributed by atoms with E-state index in [2.05, 4.69) is 9.88 Å². The van der Waals surface area contributed by atoms with Gasteiger partial charge < -0.3 is 4.90 Å². The van der Waals surface area contributed by atoms with Gasteiger partial charge in [0, 0.05) is 37.4 Å². The van der Waals surface area contributed by atoms with Gasteiger partial charge >= 0.3 is 6.18 Å². The first-order valence-corrected chi connectivity index (χ1v) is 10.9. The molecule has 2 aromatic rings. The van der Waals surface area contributed by atoms with E-state index in [1.165, 1.54) is 12.1 Å². The standard InChI is InChI=1S/C24H30F3N3O/c1-3-30(4-2)23(31)17-29-12-6-8-20(16-29)22-11-10-19(15-28-22)13-18-7-5-9-21(14-18)24(25,26)27/h5,7,9-11,14-15,20H,3-4,6,8,12-13,16-17H2,1-2H3/t20-/m0/s1. The molecule has 1 aliphatic heterocycles. The molecule has 1 aromatic heterocycles. The van der Waals surface area contributed by atoms with E-state index in [1.54, 1.807) is 12.3 Å². The maximum Gasteiger partial charge on any atom is 0.416 e. The number of halogens is 3. The number of likely N-dealkylation sites (tertiary alicyclic amines) is 1. The summed E-state index contributed by atoms with van der Waals surface area (Å²) < 4.78 is 38.8. The zero-order valence-electron chi connectivity index (χ0n) is 18.2. The van der Waals surface area contributed by atoms with Crippen molar-refractivity contribution in [2.75, 3.05) is 32.7 Å². The number of alkyl halides is 3. The number of hydrogen-bond acceptors (Lipinski definition) is 3.